The second kappa shape index (κ2) is 8.56. The Morgan fingerprint density at radius 3 is 2.28 bits per heavy atom. The fourth-order valence-electron chi connectivity index (χ4n) is 2.35. The molecule has 10 heteroatoms. The van der Waals surface area contributed by atoms with Gasteiger partial charge in [0, 0.05) is 12.7 Å². The third kappa shape index (κ3) is 5.29. The maximum absolute atomic E-state index is 12.8. The molecule has 0 aliphatic rings. The van der Waals surface area contributed by atoms with Crippen LogP contribution >= 0.6 is 11.8 Å². The number of carbonyl (C=O) groups is 1. The molecule has 1 heterocycles. The molecule has 3 aromatic rings. The van der Waals surface area contributed by atoms with Gasteiger partial charge in [0.1, 0.15) is 11.5 Å². The number of anilines is 1. The van der Waals surface area contributed by atoms with Crippen LogP contribution in [0.5, 0.6) is 11.5 Å². The van der Waals surface area contributed by atoms with Crippen molar-refractivity contribution >= 4 is 23.4 Å². The first kappa shape index (κ1) is 20.7. The average molecular weight is 422 g/mol. The van der Waals surface area contributed by atoms with Gasteiger partial charge in [-0.3, -0.25) is 4.79 Å². The molecule has 1 amide bonds. The molecular weight excluding hydrogens is 405 g/mol. The van der Waals surface area contributed by atoms with Crippen molar-refractivity contribution in [3.8, 4) is 11.5 Å². The molecule has 0 fully saturated rings. The van der Waals surface area contributed by atoms with E-state index in [0.717, 1.165) is 16.3 Å². The lowest BCUT2D eigenvalue weighted by Gasteiger charge is -2.12. The smallest absolute Gasteiger partial charge is 0.451 e. The molecule has 3 rings (SSSR count). The number of benzene rings is 2. The summed E-state index contributed by atoms with van der Waals surface area (Å²) in [7, 11) is 1.21. The number of amides is 1. The topological polar surface area (TPSA) is 69.0 Å². The first-order valence-electron chi connectivity index (χ1n) is 8.51. The molecule has 0 saturated heterocycles. The third-order valence-electron chi connectivity index (χ3n) is 3.84. The molecule has 0 aliphatic carbocycles. The number of nitrogens with one attached hydrogen (secondary N) is 1. The van der Waals surface area contributed by atoms with Crippen LogP contribution in [0.2, 0.25) is 0 Å². The molecule has 0 aliphatic heterocycles. The number of thioether (sulfide) groups is 1. The fourth-order valence-corrected chi connectivity index (χ4v) is 3.17. The molecular formula is C19H17F3N4O2S. The van der Waals surface area contributed by atoms with Crippen molar-refractivity contribution in [3.05, 3.63) is 60.4 Å². The van der Waals surface area contributed by atoms with Crippen LogP contribution in [0, 0.1) is 0 Å². The Balaban J connectivity index is 1.59. The molecule has 0 saturated carbocycles. The number of aromatic nitrogens is 3. The van der Waals surface area contributed by atoms with E-state index in [1.54, 1.807) is 31.2 Å². The molecule has 6 nitrogen and oxygen atoms in total. The van der Waals surface area contributed by atoms with E-state index in [2.05, 4.69) is 15.5 Å². The van der Waals surface area contributed by atoms with Crippen molar-refractivity contribution in [1.29, 1.82) is 0 Å². The number of nitrogens with zero attached hydrogens (tertiary/aromatic N) is 3. The summed E-state index contributed by atoms with van der Waals surface area (Å²) in [6, 6.07) is 16.0. The Bertz CT molecular complexity index is 975. The maximum Gasteiger partial charge on any atom is 0.451 e. The number of para-hydroxylation sites is 1. The van der Waals surface area contributed by atoms with Crippen molar-refractivity contribution in [3.63, 3.8) is 0 Å². The van der Waals surface area contributed by atoms with Gasteiger partial charge in [-0.05, 0) is 43.3 Å². The van der Waals surface area contributed by atoms with Crippen molar-refractivity contribution in [2.45, 2.75) is 23.5 Å². The number of hydrogen-bond acceptors (Lipinski definition) is 5. The van der Waals surface area contributed by atoms with E-state index in [-0.39, 0.29) is 11.1 Å². The Morgan fingerprint density at radius 2 is 1.69 bits per heavy atom. The number of alkyl halides is 3. The second-order valence-electron chi connectivity index (χ2n) is 6.05. The molecule has 0 radical (unpaired) electrons. The van der Waals surface area contributed by atoms with Gasteiger partial charge in [0.25, 0.3) is 0 Å². The highest BCUT2D eigenvalue weighted by Gasteiger charge is 2.37. The van der Waals surface area contributed by atoms with E-state index in [1.807, 2.05) is 30.3 Å². The van der Waals surface area contributed by atoms with Gasteiger partial charge in [-0.15, -0.1) is 10.2 Å². The van der Waals surface area contributed by atoms with Crippen molar-refractivity contribution in [2.24, 2.45) is 7.05 Å². The zero-order valence-electron chi connectivity index (χ0n) is 15.5. The predicted octanol–water partition coefficient (Wildman–Crippen LogP) is 4.75. The van der Waals surface area contributed by atoms with Gasteiger partial charge >= 0.3 is 6.18 Å². The lowest BCUT2D eigenvalue weighted by molar-refractivity contribution is -0.147. The minimum absolute atomic E-state index is 0.00610. The Labute approximate surface area is 169 Å². The quantitative estimate of drug-likeness (QED) is 0.581. The van der Waals surface area contributed by atoms with Crippen LogP contribution in [0.4, 0.5) is 18.9 Å². The monoisotopic (exact) mass is 422 g/mol. The molecule has 29 heavy (non-hydrogen) atoms. The largest absolute Gasteiger partial charge is 0.457 e. The molecule has 2 aromatic carbocycles. The first-order valence-corrected chi connectivity index (χ1v) is 9.39. The van der Waals surface area contributed by atoms with E-state index in [0.29, 0.717) is 17.2 Å². The van der Waals surface area contributed by atoms with Gasteiger partial charge in [-0.2, -0.15) is 13.2 Å². The molecule has 1 N–H and O–H groups in total. The highest BCUT2D eigenvalue weighted by atomic mass is 32.2. The van der Waals surface area contributed by atoms with Crippen LogP contribution in [0.1, 0.15) is 12.7 Å². The number of rotatable bonds is 6. The highest BCUT2D eigenvalue weighted by molar-refractivity contribution is 8.00. The van der Waals surface area contributed by atoms with Crippen LogP contribution in [0.25, 0.3) is 0 Å². The summed E-state index contributed by atoms with van der Waals surface area (Å²) in [5.74, 6) is -0.184. The lowest BCUT2D eigenvalue weighted by atomic mass is 10.3. The molecule has 1 aromatic heterocycles. The van der Waals surface area contributed by atoms with Gasteiger partial charge in [-0.1, -0.05) is 30.0 Å². The van der Waals surface area contributed by atoms with E-state index in [9.17, 15) is 18.0 Å². The van der Waals surface area contributed by atoms with Crippen LogP contribution in [-0.4, -0.2) is 25.9 Å². The third-order valence-corrected chi connectivity index (χ3v) is 4.97. The first-order chi connectivity index (χ1) is 13.7. The van der Waals surface area contributed by atoms with E-state index in [1.165, 1.54) is 7.05 Å². The minimum atomic E-state index is -4.60. The Kier molecular flexibility index (Phi) is 6.12. The lowest BCUT2D eigenvalue weighted by Crippen LogP contribution is -2.23. The van der Waals surface area contributed by atoms with E-state index in [4.69, 9.17) is 4.74 Å². The van der Waals surface area contributed by atoms with Gasteiger partial charge in [0.15, 0.2) is 5.16 Å². The van der Waals surface area contributed by atoms with Crippen LogP contribution in [-0.2, 0) is 18.0 Å². The summed E-state index contributed by atoms with van der Waals surface area (Å²) < 4.78 is 44.9. The van der Waals surface area contributed by atoms with Crippen molar-refractivity contribution in [1.82, 2.24) is 14.8 Å². The molecule has 152 valence electrons. The minimum Gasteiger partial charge on any atom is -0.457 e. The maximum atomic E-state index is 12.8. The van der Waals surface area contributed by atoms with Crippen LogP contribution < -0.4 is 10.1 Å². The van der Waals surface area contributed by atoms with E-state index >= 15 is 0 Å². The van der Waals surface area contributed by atoms with E-state index < -0.39 is 17.3 Å². The zero-order valence-corrected chi connectivity index (χ0v) is 16.3. The van der Waals surface area contributed by atoms with Gasteiger partial charge in [0.05, 0.1) is 5.25 Å². The summed E-state index contributed by atoms with van der Waals surface area (Å²) in [6.45, 7) is 1.58. The summed E-state index contributed by atoms with van der Waals surface area (Å²) >= 11 is 0.892. The van der Waals surface area contributed by atoms with Gasteiger partial charge in [-0.25, -0.2) is 0 Å². The molecule has 1 atom stereocenters. The molecule has 0 bridgehead atoms. The van der Waals surface area contributed by atoms with Crippen LogP contribution in [0.3, 0.4) is 0 Å². The van der Waals surface area contributed by atoms with Gasteiger partial charge < -0.3 is 14.6 Å². The Morgan fingerprint density at radius 1 is 1.07 bits per heavy atom. The number of ether oxygens (including phenoxy) is 1. The molecule has 0 spiro atoms. The fraction of sp³-hybridized carbons (Fsp3) is 0.211. The summed E-state index contributed by atoms with van der Waals surface area (Å²) in [4.78, 5) is 12.4. The summed E-state index contributed by atoms with van der Waals surface area (Å²) in [5, 5.41) is 8.71. The standard InChI is InChI=1S/C19H17F3N4O2S/c1-12(29-18-25-24-17(26(18)2)19(20,21)22)16(27)23-13-8-10-15(11-9-13)28-14-6-4-3-5-7-14/h3-12H,1-2H3,(H,23,27). The highest BCUT2D eigenvalue weighted by Crippen LogP contribution is 2.31. The normalized spacial score (nSPS) is 12.4. The number of halogens is 3. The van der Waals surface area contributed by atoms with Crippen molar-refractivity contribution < 1.29 is 22.7 Å². The summed E-state index contributed by atoms with van der Waals surface area (Å²) in [5.41, 5.74) is 0.539. The average Bonchev–Trinajstić information content (AvgIpc) is 3.05. The zero-order chi connectivity index (χ0) is 21.0. The van der Waals surface area contributed by atoms with Crippen molar-refractivity contribution in [2.75, 3.05) is 5.32 Å². The Hall–Kier alpha value is -3.01. The number of carbonyl (C=O) groups excluding carboxylic acids is 1. The predicted molar refractivity (Wildman–Crippen MR) is 103 cm³/mol. The number of hydrogen-bond donors (Lipinski definition) is 1. The van der Waals surface area contributed by atoms with Crippen LogP contribution in [0.15, 0.2) is 59.8 Å². The molecule has 1 unspecified atom stereocenters. The summed E-state index contributed by atoms with van der Waals surface area (Å²) in [6.07, 6.45) is -4.60. The van der Waals surface area contributed by atoms with Gasteiger partial charge in [0.2, 0.25) is 11.7 Å². The SMILES string of the molecule is CC(Sc1nnc(C(F)(F)F)n1C)C(=O)Nc1ccc(Oc2ccccc2)cc1. The second-order valence-corrected chi connectivity index (χ2v) is 7.36.